The molecule has 3 aromatic rings. The van der Waals surface area contributed by atoms with Crippen LogP contribution in [-0.2, 0) is 47.7 Å². The van der Waals surface area contributed by atoms with E-state index in [1.807, 2.05) is 25.3 Å². The van der Waals surface area contributed by atoms with Gasteiger partial charge >= 0.3 is 0 Å². The average molecular weight is 513 g/mol. The summed E-state index contributed by atoms with van der Waals surface area (Å²) in [4.78, 5) is 15.3. The lowest BCUT2D eigenvalue weighted by Gasteiger charge is -2.63. The number of likely N-dealkylation sites (tertiary alicyclic amines) is 1. The number of hydrogen-bond acceptors (Lipinski definition) is 5. The van der Waals surface area contributed by atoms with Gasteiger partial charge < -0.3 is 24.0 Å². The number of benzene rings is 2. The highest BCUT2D eigenvalue weighted by Crippen LogP contribution is 2.69. The summed E-state index contributed by atoms with van der Waals surface area (Å²) in [5.41, 5.74) is 6.45. The first-order valence-electron chi connectivity index (χ1n) is 13.9. The van der Waals surface area contributed by atoms with Crippen molar-refractivity contribution in [3.05, 3.63) is 82.2 Å². The van der Waals surface area contributed by atoms with Crippen LogP contribution in [0.3, 0.4) is 0 Å². The molecule has 7 rings (SSSR count). The quantitative estimate of drug-likeness (QED) is 0.507. The number of fused-ring (bicyclic) bond motifs is 2. The van der Waals surface area contributed by atoms with Crippen molar-refractivity contribution in [1.29, 1.82) is 0 Å². The number of Topliss-reactive ketones (excluding diaryl/α,β-unsaturated/α-hetero) is 1. The molecule has 6 nitrogen and oxygen atoms in total. The maximum atomic E-state index is 12.8. The van der Waals surface area contributed by atoms with Crippen molar-refractivity contribution in [1.82, 2.24) is 9.47 Å². The van der Waals surface area contributed by atoms with Crippen LogP contribution in [0.2, 0.25) is 0 Å². The predicted molar refractivity (Wildman–Crippen MR) is 145 cm³/mol. The van der Waals surface area contributed by atoms with Gasteiger partial charge in [-0.05, 0) is 68.1 Å². The molecule has 1 saturated heterocycles. The number of phenols is 1. The summed E-state index contributed by atoms with van der Waals surface area (Å²) in [5, 5.41) is 10.9. The smallest absolute Gasteiger partial charge is 0.166 e. The van der Waals surface area contributed by atoms with Gasteiger partial charge in [0.2, 0.25) is 0 Å². The molecule has 3 heterocycles. The van der Waals surface area contributed by atoms with Gasteiger partial charge in [0.1, 0.15) is 11.4 Å². The van der Waals surface area contributed by atoms with E-state index >= 15 is 0 Å². The van der Waals surface area contributed by atoms with Crippen molar-refractivity contribution in [2.45, 2.75) is 68.1 Å². The number of aromatic hydroxyl groups is 1. The lowest BCUT2D eigenvalue weighted by molar-refractivity contribution is -0.186. The second kappa shape index (κ2) is 8.45. The van der Waals surface area contributed by atoms with Gasteiger partial charge in [0.15, 0.2) is 17.6 Å². The van der Waals surface area contributed by atoms with E-state index in [0.29, 0.717) is 30.8 Å². The third-order valence-electron chi connectivity index (χ3n) is 10.2. The summed E-state index contributed by atoms with van der Waals surface area (Å²) in [6.07, 6.45) is 4.99. The van der Waals surface area contributed by atoms with E-state index in [9.17, 15) is 9.90 Å². The van der Waals surface area contributed by atoms with Gasteiger partial charge in [-0.25, -0.2) is 0 Å². The van der Waals surface area contributed by atoms with Crippen molar-refractivity contribution >= 4 is 5.78 Å². The summed E-state index contributed by atoms with van der Waals surface area (Å²) in [6, 6.07) is 16.6. The Morgan fingerprint density at radius 3 is 2.68 bits per heavy atom. The number of phenolic OH excluding ortho intramolecular Hbond substituents is 1. The zero-order chi connectivity index (χ0) is 26.2. The highest BCUT2D eigenvalue weighted by atomic mass is 16.5. The lowest BCUT2D eigenvalue weighted by atomic mass is 9.49. The number of aromatic nitrogens is 1. The molecule has 1 N–H and O–H groups in total. The molecule has 4 aliphatic rings. The number of piperidine rings is 1. The highest BCUT2D eigenvalue weighted by molar-refractivity contribution is 5.78. The molecule has 198 valence electrons. The highest BCUT2D eigenvalue weighted by Gasteiger charge is 2.73. The molecule has 6 heteroatoms. The number of rotatable bonds is 7. The Hall–Kier alpha value is -3.09. The molecule has 0 radical (unpaired) electrons. The summed E-state index contributed by atoms with van der Waals surface area (Å²) < 4.78 is 15.7. The summed E-state index contributed by atoms with van der Waals surface area (Å²) in [5.74, 6) is 1.16. The van der Waals surface area contributed by atoms with Gasteiger partial charge in [0.05, 0.1) is 11.1 Å². The van der Waals surface area contributed by atoms with E-state index in [2.05, 4.69) is 47.8 Å². The van der Waals surface area contributed by atoms with Crippen LogP contribution in [0.4, 0.5) is 0 Å². The number of ether oxygens (including phenoxy) is 2. The first-order chi connectivity index (χ1) is 18.4. The van der Waals surface area contributed by atoms with Gasteiger partial charge in [-0.1, -0.05) is 36.4 Å². The third-order valence-corrected chi connectivity index (χ3v) is 10.2. The van der Waals surface area contributed by atoms with Crippen LogP contribution < -0.4 is 4.74 Å². The minimum atomic E-state index is -0.437. The number of carbonyl (C=O) groups is 1. The standard InChI is InChI=1S/C32H36N2O4/c1-33-16-15-31-27-21-10-14-25(36)29(27)38-30(31)28-22(19-32(31,37-3)26(33)18-21)17-23(34(28)2)11-13-24(35)12-9-20-7-5-4-6-8-20/h4-8,10,14,17,26,30,36H,9,11-13,15-16,18-19H2,1-3H3/t26-,30+,31+,32-/m1/s1. The Labute approximate surface area is 224 Å². The SMILES string of the molecule is CO[C@@]12Cc3cc(CCC(=O)CCc4ccccc4)n(C)c3[C@@H]3Oc4c(O)ccc5c4[C@@]31CCN(C)[C@@H]2C5. The maximum absolute atomic E-state index is 12.8. The molecule has 2 aliphatic carbocycles. The van der Waals surface area contributed by atoms with Crippen molar-refractivity contribution in [3.8, 4) is 11.5 Å². The molecule has 2 aliphatic heterocycles. The molecule has 0 saturated carbocycles. The molecular formula is C32H36N2O4. The van der Waals surface area contributed by atoms with Crippen LogP contribution in [-0.4, -0.2) is 52.7 Å². The van der Waals surface area contributed by atoms with Crippen molar-refractivity contribution in [2.24, 2.45) is 7.05 Å². The monoisotopic (exact) mass is 512 g/mol. The molecule has 1 aromatic heterocycles. The molecule has 1 fully saturated rings. The first-order valence-corrected chi connectivity index (χ1v) is 13.9. The van der Waals surface area contributed by atoms with E-state index in [4.69, 9.17) is 9.47 Å². The van der Waals surface area contributed by atoms with Crippen molar-refractivity contribution in [2.75, 3.05) is 20.7 Å². The van der Waals surface area contributed by atoms with Crippen molar-refractivity contribution < 1.29 is 19.4 Å². The Kier molecular flexibility index (Phi) is 5.34. The number of hydrogen-bond donors (Lipinski definition) is 1. The van der Waals surface area contributed by atoms with Crippen LogP contribution in [0.1, 0.15) is 59.0 Å². The van der Waals surface area contributed by atoms with E-state index in [0.717, 1.165) is 43.5 Å². The van der Waals surface area contributed by atoms with Gasteiger partial charge in [-0.15, -0.1) is 0 Å². The normalized spacial score (nSPS) is 28.5. The van der Waals surface area contributed by atoms with E-state index in [-0.39, 0.29) is 23.3 Å². The number of methoxy groups -OCH3 is 1. The zero-order valence-electron chi connectivity index (χ0n) is 22.5. The average Bonchev–Trinajstić information content (AvgIpc) is 3.44. The Morgan fingerprint density at radius 2 is 1.89 bits per heavy atom. The number of aryl methyl sites for hydroxylation is 2. The van der Waals surface area contributed by atoms with E-state index < -0.39 is 5.60 Å². The molecular weight excluding hydrogens is 476 g/mol. The van der Waals surface area contributed by atoms with Crippen LogP contribution in [0.25, 0.3) is 0 Å². The van der Waals surface area contributed by atoms with Crippen LogP contribution in [0, 0.1) is 0 Å². The number of ketones is 1. The fraction of sp³-hybridized carbons (Fsp3) is 0.469. The second-order valence-corrected chi connectivity index (χ2v) is 11.8. The second-order valence-electron chi connectivity index (χ2n) is 11.8. The lowest BCUT2D eigenvalue weighted by Crippen LogP contribution is -2.74. The maximum Gasteiger partial charge on any atom is 0.166 e. The fourth-order valence-electron chi connectivity index (χ4n) is 8.36. The molecule has 0 amide bonds. The minimum absolute atomic E-state index is 0.218. The number of likely N-dealkylation sites (N-methyl/N-ethyl adjacent to an activating group) is 1. The Morgan fingerprint density at radius 1 is 1.11 bits per heavy atom. The van der Waals surface area contributed by atoms with E-state index in [1.54, 1.807) is 6.07 Å². The van der Waals surface area contributed by atoms with Crippen molar-refractivity contribution in [3.63, 3.8) is 0 Å². The van der Waals surface area contributed by atoms with Gasteiger partial charge in [-0.3, -0.25) is 4.79 Å². The fourth-order valence-corrected chi connectivity index (χ4v) is 8.36. The first kappa shape index (κ1) is 24.0. The molecule has 0 unspecified atom stereocenters. The summed E-state index contributed by atoms with van der Waals surface area (Å²) in [6.45, 7) is 0.965. The largest absolute Gasteiger partial charge is 0.504 e. The van der Waals surface area contributed by atoms with Gasteiger partial charge in [0, 0.05) is 50.7 Å². The van der Waals surface area contributed by atoms with Crippen LogP contribution in [0.15, 0.2) is 48.5 Å². The van der Waals surface area contributed by atoms with Crippen LogP contribution >= 0.6 is 0 Å². The third kappa shape index (κ3) is 3.04. The van der Waals surface area contributed by atoms with Crippen LogP contribution in [0.5, 0.6) is 11.5 Å². The molecule has 4 atom stereocenters. The molecule has 2 bridgehead atoms. The Balaban J connectivity index is 1.24. The molecule has 2 aromatic carbocycles. The number of carbonyl (C=O) groups excluding carboxylic acids is 1. The van der Waals surface area contributed by atoms with E-state index in [1.165, 1.54) is 22.4 Å². The summed E-state index contributed by atoms with van der Waals surface area (Å²) in [7, 11) is 6.18. The van der Waals surface area contributed by atoms with Gasteiger partial charge in [-0.2, -0.15) is 0 Å². The minimum Gasteiger partial charge on any atom is -0.504 e. The number of nitrogens with zero attached hydrogens (tertiary/aromatic N) is 2. The van der Waals surface area contributed by atoms with Gasteiger partial charge in [0.25, 0.3) is 0 Å². The molecule has 38 heavy (non-hydrogen) atoms. The summed E-state index contributed by atoms with van der Waals surface area (Å²) >= 11 is 0. The zero-order valence-corrected chi connectivity index (χ0v) is 22.5. The molecule has 1 spiro atoms. The Bertz CT molecular complexity index is 1430. The predicted octanol–water partition coefficient (Wildman–Crippen LogP) is 4.44. The topological polar surface area (TPSA) is 63.9 Å².